The summed E-state index contributed by atoms with van der Waals surface area (Å²) < 4.78 is 5.50. The first-order valence-corrected chi connectivity index (χ1v) is 10.5. The number of benzene rings is 3. The number of likely N-dealkylation sites (N-methyl/N-ethyl adjacent to an activating group) is 1. The van der Waals surface area contributed by atoms with Crippen molar-refractivity contribution in [3.63, 3.8) is 0 Å². The van der Waals surface area contributed by atoms with E-state index in [1.54, 1.807) is 7.05 Å². The summed E-state index contributed by atoms with van der Waals surface area (Å²) in [6.07, 6.45) is -0.143. The van der Waals surface area contributed by atoms with Crippen LogP contribution < -0.4 is 10.6 Å². The summed E-state index contributed by atoms with van der Waals surface area (Å²) in [4.78, 5) is 23.6. The molecule has 0 unspecified atom stereocenters. The van der Waals surface area contributed by atoms with E-state index in [-0.39, 0.29) is 25.0 Å². The lowest BCUT2D eigenvalue weighted by Gasteiger charge is -2.14. The number of nitrogens with one attached hydrogen (secondary N) is 2. The van der Waals surface area contributed by atoms with Gasteiger partial charge >= 0.3 is 6.09 Å². The largest absolute Gasteiger partial charge is 0.449 e. The van der Waals surface area contributed by atoms with Crippen molar-refractivity contribution in [2.24, 2.45) is 0 Å². The maximum atomic E-state index is 12.2. The topological polar surface area (TPSA) is 67.4 Å². The SMILES string of the molecule is CNC(=O)Cc1ccc(C#CCNC(=O)OCC2c3ccccc3-c3ccccc32)cc1. The monoisotopic (exact) mass is 424 g/mol. The highest BCUT2D eigenvalue weighted by molar-refractivity contribution is 5.79. The van der Waals surface area contributed by atoms with Crippen molar-refractivity contribution in [1.29, 1.82) is 0 Å². The van der Waals surface area contributed by atoms with E-state index in [0.717, 1.165) is 11.1 Å². The molecule has 32 heavy (non-hydrogen) atoms. The van der Waals surface area contributed by atoms with Crippen LogP contribution in [0.1, 0.15) is 28.2 Å². The zero-order valence-corrected chi connectivity index (χ0v) is 17.9. The number of fused-ring (bicyclic) bond motifs is 3. The Bertz CT molecular complexity index is 1140. The number of rotatable bonds is 5. The van der Waals surface area contributed by atoms with Crippen LogP contribution in [-0.2, 0) is 16.0 Å². The van der Waals surface area contributed by atoms with Crippen molar-refractivity contribution in [3.8, 4) is 23.0 Å². The molecular weight excluding hydrogens is 400 g/mol. The molecule has 2 N–H and O–H groups in total. The molecule has 0 spiro atoms. The van der Waals surface area contributed by atoms with Gasteiger partial charge in [0.25, 0.3) is 0 Å². The van der Waals surface area contributed by atoms with Crippen molar-refractivity contribution >= 4 is 12.0 Å². The van der Waals surface area contributed by atoms with Gasteiger partial charge in [0.05, 0.1) is 13.0 Å². The van der Waals surface area contributed by atoms with E-state index < -0.39 is 6.09 Å². The van der Waals surface area contributed by atoms with Gasteiger partial charge < -0.3 is 15.4 Å². The van der Waals surface area contributed by atoms with Crippen LogP contribution in [0.2, 0.25) is 0 Å². The predicted octanol–water partition coefficient (Wildman–Crippen LogP) is 3.87. The molecule has 0 radical (unpaired) electrons. The summed E-state index contributed by atoms with van der Waals surface area (Å²) in [5, 5.41) is 5.28. The standard InChI is InChI=1S/C27H24N2O3/c1-28-26(30)17-20-14-12-19(13-15-20)7-6-16-29-27(31)32-18-25-23-10-4-2-8-21(23)22-9-3-5-11-24(22)25/h2-5,8-15,25H,16-18H2,1H3,(H,28,30)(H,29,31). The van der Waals surface area contributed by atoms with E-state index in [1.807, 2.05) is 48.5 Å². The average Bonchev–Trinajstić information content (AvgIpc) is 3.15. The van der Waals surface area contributed by atoms with E-state index in [2.05, 4.69) is 46.7 Å². The van der Waals surface area contributed by atoms with E-state index in [1.165, 1.54) is 22.3 Å². The van der Waals surface area contributed by atoms with Gasteiger partial charge in [-0.25, -0.2) is 4.79 Å². The molecule has 0 bridgehead atoms. The molecule has 0 aliphatic heterocycles. The third-order valence-electron chi connectivity index (χ3n) is 5.49. The molecule has 3 aromatic carbocycles. The Balaban J connectivity index is 1.28. The minimum Gasteiger partial charge on any atom is -0.449 e. The van der Waals surface area contributed by atoms with Gasteiger partial charge in [-0.3, -0.25) is 4.79 Å². The van der Waals surface area contributed by atoms with Gasteiger partial charge in [0.1, 0.15) is 6.61 Å². The molecule has 5 heteroatoms. The number of carbonyl (C=O) groups is 2. The van der Waals surface area contributed by atoms with Crippen molar-refractivity contribution in [3.05, 3.63) is 95.1 Å². The molecule has 5 nitrogen and oxygen atoms in total. The summed E-state index contributed by atoms with van der Waals surface area (Å²) in [5.41, 5.74) is 6.50. The van der Waals surface area contributed by atoms with Crippen LogP contribution in [0, 0.1) is 11.8 Å². The van der Waals surface area contributed by atoms with Crippen LogP contribution >= 0.6 is 0 Å². The predicted molar refractivity (Wildman–Crippen MR) is 124 cm³/mol. The average molecular weight is 425 g/mol. The number of amides is 2. The van der Waals surface area contributed by atoms with Crippen molar-refractivity contribution in [2.75, 3.05) is 20.2 Å². The molecule has 3 aromatic rings. The third-order valence-corrected chi connectivity index (χ3v) is 5.49. The summed E-state index contributed by atoms with van der Waals surface area (Å²) in [5.74, 6) is 5.92. The minimum absolute atomic E-state index is 0.0314. The maximum absolute atomic E-state index is 12.2. The van der Waals surface area contributed by atoms with Crippen LogP contribution in [-0.4, -0.2) is 32.2 Å². The van der Waals surface area contributed by atoms with Crippen LogP contribution in [0.15, 0.2) is 72.8 Å². The first kappa shape index (κ1) is 21.2. The van der Waals surface area contributed by atoms with Gasteiger partial charge in [-0.05, 0) is 39.9 Å². The second-order valence-corrected chi connectivity index (χ2v) is 7.53. The lowest BCUT2D eigenvalue weighted by Crippen LogP contribution is -2.26. The van der Waals surface area contributed by atoms with Gasteiger partial charge in [0.2, 0.25) is 5.91 Å². The fourth-order valence-corrected chi connectivity index (χ4v) is 3.89. The molecule has 1 aliphatic rings. The molecule has 0 atom stereocenters. The Morgan fingerprint density at radius 2 is 1.53 bits per heavy atom. The summed E-state index contributed by atoms with van der Waals surface area (Å²) in [6, 6.07) is 23.9. The molecular formula is C27H24N2O3. The first-order valence-electron chi connectivity index (χ1n) is 10.5. The zero-order chi connectivity index (χ0) is 22.3. The molecule has 0 fully saturated rings. The summed E-state index contributed by atoms with van der Waals surface area (Å²) in [7, 11) is 1.62. The Labute approximate surface area is 187 Å². The normalized spacial score (nSPS) is 11.5. The second kappa shape index (κ2) is 9.84. The lowest BCUT2D eigenvalue weighted by molar-refractivity contribution is -0.119. The molecule has 1 aliphatic carbocycles. The smallest absolute Gasteiger partial charge is 0.407 e. The Kier molecular flexibility index (Phi) is 6.52. The van der Waals surface area contributed by atoms with Gasteiger partial charge in [-0.1, -0.05) is 72.5 Å². The van der Waals surface area contributed by atoms with Crippen LogP contribution in [0.5, 0.6) is 0 Å². The van der Waals surface area contributed by atoms with Crippen molar-refractivity contribution < 1.29 is 14.3 Å². The van der Waals surface area contributed by atoms with Crippen LogP contribution in [0.4, 0.5) is 4.79 Å². The Morgan fingerprint density at radius 1 is 0.906 bits per heavy atom. The summed E-state index contributed by atoms with van der Waals surface area (Å²) in [6.45, 7) is 0.469. The second-order valence-electron chi connectivity index (χ2n) is 7.53. The number of hydrogen-bond donors (Lipinski definition) is 2. The zero-order valence-electron chi connectivity index (χ0n) is 17.9. The van der Waals surface area contributed by atoms with E-state index in [4.69, 9.17) is 4.74 Å². The maximum Gasteiger partial charge on any atom is 0.407 e. The lowest BCUT2D eigenvalue weighted by atomic mass is 9.98. The third kappa shape index (κ3) is 4.81. The van der Waals surface area contributed by atoms with Gasteiger partial charge in [0.15, 0.2) is 0 Å². The van der Waals surface area contributed by atoms with Crippen molar-refractivity contribution in [1.82, 2.24) is 10.6 Å². The number of carbonyl (C=O) groups excluding carboxylic acids is 2. The minimum atomic E-state index is -0.484. The molecule has 4 rings (SSSR count). The number of ether oxygens (including phenoxy) is 1. The molecule has 160 valence electrons. The Morgan fingerprint density at radius 3 is 2.16 bits per heavy atom. The van der Waals surface area contributed by atoms with E-state index >= 15 is 0 Å². The Hall–Kier alpha value is -4.04. The molecule has 0 saturated heterocycles. The molecule has 0 saturated carbocycles. The van der Waals surface area contributed by atoms with Gasteiger partial charge in [0, 0.05) is 18.5 Å². The molecule has 2 amide bonds. The fourth-order valence-electron chi connectivity index (χ4n) is 3.89. The first-order chi connectivity index (χ1) is 15.7. The highest BCUT2D eigenvalue weighted by Gasteiger charge is 2.28. The number of alkyl carbamates (subject to hydrolysis) is 1. The highest BCUT2D eigenvalue weighted by Crippen LogP contribution is 2.44. The molecule has 0 aromatic heterocycles. The fraction of sp³-hybridized carbons (Fsp3) is 0.185. The highest BCUT2D eigenvalue weighted by atomic mass is 16.5. The molecule has 0 heterocycles. The van der Waals surface area contributed by atoms with Crippen LogP contribution in [0.25, 0.3) is 11.1 Å². The van der Waals surface area contributed by atoms with Gasteiger partial charge in [-0.15, -0.1) is 0 Å². The van der Waals surface area contributed by atoms with E-state index in [9.17, 15) is 9.59 Å². The number of hydrogen-bond acceptors (Lipinski definition) is 3. The van der Waals surface area contributed by atoms with Gasteiger partial charge in [-0.2, -0.15) is 0 Å². The van der Waals surface area contributed by atoms with Crippen molar-refractivity contribution in [2.45, 2.75) is 12.3 Å². The van der Waals surface area contributed by atoms with E-state index in [0.29, 0.717) is 6.42 Å². The summed E-state index contributed by atoms with van der Waals surface area (Å²) >= 11 is 0. The van der Waals surface area contributed by atoms with Crippen LogP contribution in [0.3, 0.4) is 0 Å². The quantitative estimate of drug-likeness (QED) is 0.611.